The van der Waals surface area contributed by atoms with Crippen LogP contribution in [0, 0.1) is 0 Å². The number of rotatable bonds is 1. The molecule has 1 fully saturated rings. The number of carbonyl (C=O) groups excluding carboxylic acids is 1. The molecule has 0 aromatic heterocycles. The van der Waals surface area contributed by atoms with Crippen LogP contribution in [0.25, 0.3) is 0 Å². The Balaban J connectivity index is 1.90. The van der Waals surface area contributed by atoms with Crippen molar-refractivity contribution in [2.45, 2.75) is 57.5 Å². The molecule has 0 saturated carbocycles. The summed E-state index contributed by atoms with van der Waals surface area (Å²) < 4.78 is 5.56. The molecule has 138 valence electrons. The predicted molar refractivity (Wildman–Crippen MR) is 95.6 cm³/mol. The van der Waals surface area contributed by atoms with Crippen LogP contribution in [0.3, 0.4) is 0 Å². The fraction of sp³-hybridized carbons (Fsp3) is 0.632. The van der Waals surface area contributed by atoms with E-state index in [-0.39, 0.29) is 12.1 Å². The lowest BCUT2D eigenvalue weighted by atomic mass is 9.92. The number of ether oxygens (including phenoxy) is 1. The Morgan fingerprint density at radius 3 is 2.60 bits per heavy atom. The number of β-amino-alcohol motifs (C(OH)–C–C–N with tert-alkyl or cyclic N) is 1. The second-order valence-electron chi connectivity index (χ2n) is 7.95. The maximum Gasteiger partial charge on any atom is 0.414 e. The highest BCUT2D eigenvalue weighted by molar-refractivity contribution is 5.90. The van der Waals surface area contributed by atoms with Crippen molar-refractivity contribution in [3.05, 3.63) is 29.8 Å². The number of likely N-dealkylation sites (tertiary alicyclic amines) is 1. The Morgan fingerprint density at radius 2 is 1.92 bits per heavy atom. The van der Waals surface area contributed by atoms with Gasteiger partial charge in [0, 0.05) is 18.7 Å². The number of aliphatic hydroxyl groups is 2. The average Bonchev–Trinajstić information content (AvgIpc) is 2.53. The molecule has 1 aromatic carbocycles. The number of amides is 1. The molecule has 0 aliphatic carbocycles. The maximum atomic E-state index is 12.7. The van der Waals surface area contributed by atoms with E-state index in [4.69, 9.17) is 4.74 Å². The van der Waals surface area contributed by atoms with Crippen LogP contribution in [-0.2, 0) is 4.74 Å². The van der Waals surface area contributed by atoms with Crippen LogP contribution in [0.2, 0.25) is 0 Å². The summed E-state index contributed by atoms with van der Waals surface area (Å²) in [4.78, 5) is 16.4. The Hall–Kier alpha value is -1.63. The van der Waals surface area contributed by atoms with Gasteiger partial charge in [0.05, 0.1) is 23.9 Å². The van der Waals surface area contributed by atoms with Crippen LogP contribution in [0.4, 0.5) is 10.5 Å². The molecule has 25 heavy (non-hydrogen) atoms. The van der Waals surface area contributed by atoms with Gasteiger partial charge in [0.15, 0.2) is 0 Å². The molecular formula is C19H28N2O4. The molecule has 1 saturated heterocycles. The van der Waals surface area contributed by atoms with E-state index in [1.54, 1.807) is 4.90 Å². The molecule has 0 unspecified atom stereocenters. The van der Waals surface area contributed by atoms with Crippen molar-refractivity contribution in [1.29, 1.82) is 0 Å². The molecule has 0 radical (unpaired) electrons. The van der Waals surface area contributed by atoms with E-state index in [0.717, 1.165) is 24.9 Å². The van der Waals surface area contributed by atoms with Crippen LogP contribution < -0.4 is 4.90 Å². The zero-order valence-corrected chi connectivity index (χ0v) is 15.2. The fourth-order valence-corrected chi connectivity index (χ4v) is 3.67. The van der Waals surface area contributed by atoms with E-state index >= 15 is 0 Å². The number of aliphatic hydroxyl groups excluding tert-OH is 2. The number of benzene rings is 1. The molecule has 1 aromatic rings. The normalized spacial score (nSPS) is 27.7. The summed E-state index contributed by atoms with van der Waals surface area (Å²) in [5, 5.41) is 20.9. The van der Waals surface area contributed by atoms with Crippen molar-refractivity contribution in [3.8, 4) is 0 Å². The monoisotopic (exact) mass is 348 g/mol. The minimum Gasteiger partial charge on any atom is -0.443 e. The van der Waals surface area contributed by atoms with Crippen molar-refractivity contribution in [2.75, 3.05) is 24.5 Å². The van der Waals surface area contributed by atoms with Crippen LogP contribution in [-0.4, -0.2) is 58.6 Å². The SMILES string of the molecule is CC(C)(C)OC(=O)N1C[C@H](N2CCC[C@H](O)C2)[C@@H](O)c2ccccc21. The number of fused-ring (bicyclic) bond motifs is 1. The van der Waals surface area contributed by atoms with Gasteiger partial charge in [0.1, 0.15) is 5.60 Å². The molecule has 3 rings (SSSR count). The third-order valence-electron chi connectivity index (χ3n) is 4.79. The van der Waals surface area contributed by atoms with E-state index < -0.39 is 17.8 Å². The molecule has 2 aliphatic rings. The van der Waals surface area contributed by atoms with Gasteiger partial charge in [0.25, 0.3) is 0 Å². The highest BCUT2D eigenvalue weighted by Gasteiger charge is 2.40. The van der Waals surface area contributed by atoms with Gasteiger partial charge in [-0.25, -0.2) is 4.79 Å². The molecule has 0 spiro atoms. The minimum atomic E-state index is -0.694. The van der Waals surface area contributed by atoms with Crippen LogP contribution >= 0.6 is 0 Å². The number of hydrogen-bond donors (Lipinski definition) is 2. The molecule has 2 heterocycles. The molecular weight excluding hydrogens is 320 g/mol. The lowest BCUT2D eigenvalue weighted by Gasteiger charge is -2.45. The molecule has 6 nitrogen and oxygen atoms in total. The lowest BCUT2D eigenvalue weighted by molar-refractivity contribution is -0.00591. The number of nitrogens with zero attached hydrogens (tertiary/aromatic N) is 2. The van der Waals surface area contributed by atoms with Crippen LogP contribution in [0.5, 0.6) is 0 Å². The fourth-order valence-electron chi connectivity index (χ4n) is 3.67. The largest absolute Gasteiger partial charge is 0.443 e. The van der Waals surface area contributed by atoms with Gasteiger partial charge < -0.3 is 14.9 Å². The van der Waals surface area contributed by atoms with Gasteiger partial charge in [-0.1, -0.05) is 18.2 Å². The zero-order valence-electron chi connectivity index (χ0n) is 15.2. The van der Waals surface area contributed by atoms with Gasteiger partial charge in [-0.15, -0.1) is 0 Å². The van der Waals surface area contributed by atoms with Crippen LogP contribution in [0.1, 0.15) is 45.3 Å². The number of carbonyl (C=O) groups is 1. The highest BCUT2D eigenvalue weighted by Crippen LogP contribution is 2.37. The van der Waals surface area contributed by atoms with Gasteiger partial charge in [-0.2, -0.15) is 0 Å². The number of para-hydroxylation sites is 1. The predicted octanol–water partition coefficient (Wildman–Crippen LogP) is 2.30. The summed E-state index contributed by atoms with van der Waals surface area (Å²) in [6.07, 6.45) is 0.187. The van der Waals surface area contributed by atoms with Crippen molar-refractivity contribution < 1.29 is 19.7 Å². The van der Waals surface area contributed by atoms with E-state index in [1.807, 2.05) is 45.0 Å². The lowest BCUT2D eigenvalue weighted by Crippen LogP contribution is -2.56. The van der Waals surface area contributed by atoms with E-state index in [0.29, 0.717) is 18.8 Å². The van der Waals surface area contributed by atoms with Crippen molar-refractivity contribution >= 4 is 11.8 Å². The summed E-state index contributed by atoms with van der Waals surface area (Å²) in [6.45, 7) is 7.20. The minimum absolute atomic E-state index is 0.252. The summed E-state index contributed by atoms with van der Waals surface area (Å²) >= 11 is 0. The Bertz CT molecular complexity index is 628. The third kappa shape index (κ3) is 3.97. The molecule has 1 amide bonds. The van der Waals surface area contributed by atoms with Gasteiger partial charge >= 0.3 is 6.09 Å². The Kier molecular flexibility index (Phi) is 5.04. The summed E-state index contributed by atoms with van der Waals surface area (Å²) in [7, 11) is 0. The number of piperidine rings is 1. The summed E-state index contributed by atoms with van der Waals surface area (Å²) in [6, 6.07) is 7.15. The smallest absolute Gasteiger partial charge is 0.414 e. The average molecular weight is 348 g/mol. The number of anilines is 1. The Labute approximate surface area is 149 Å². The van der Waals surface area contributed by atoms with Gasteiger partial charge in [-0.3, -0.25) is 9.80 Å². The summed E-state index contributed by atoms with van der Waals surface area (Å²) in [5.41, 5.74) is 0.835. The van der Waals surface area contributed by atoms with E-state index in [9.17, 15) is 15.0 Å². The molecule has 0 bridgehead atoms. The summed E-state index contributed by atoms with van der Waals surface area (Å²) in [5.74, 6) is 0. The topological polar surface area (TPSA) is 73.2 Å². The highest BCUT2D eigenvalue weighted by atomic mass is 16.6. The first-order chi connectivity index (χ1) is 11.8. The second-order valence-corrected chi connectivity index (χ2v) is 7.95. The van der Waals surface area contributed by atoms with Gasteiger partial charge in [0.2, 0.25) is 0 Å². The first-order valence-electron chi connectivity index (χ1n) is 8.96. The standard InChI is InChI=1S/C19H28N2O4/c1-19(2,3)25-18(24)21-12-16(20-10-6-7-13(22)11-20)17(23)14-8-4-5-9-15(14)21/h4-5,8-9,13,16-17,22-23H,6-7,10-12H2,1-3H3/t13-,16-,17-/m0/s1. The maximum absolute atomic E-state index is 12.7. The molecule has 6 heteroatoms. The molecule has 2 N–H and O–H groups in total. The first-order valence-corrected chi connectivity index (χ1v) is 8.96. The van der Waals surface area contributed by atoms with Crippen molar-refractivity contribution in [3.63, 3.8) is 0 Å². The zero-order chi connectivity index (χ0) is 18.2. The Morgan fingerprint density at radius 1 is 1.20 bits per heavy atom. The van der Waals surface area contributed by atoms with E-state index in [2.05, 4.69) is 4.90 Å². The number of hydrogen-bond acceptors (Lipinski definition) is 5. The van der Waals surface area contributed by atoms with Crippen molar-refractivity contribution in [1.82, 2.24) is 4.90 Å². The van der Waals surface area contributed by atoms with Crippen LogP contribution in [0.15, 0.2) is 24.3 Å². The molecule has 3 atom stereocenters. The molecule has 2 aliphatic heterocycles. The third-order valence-corrected chi connectivity index (χ3v) is 4.79. The quantitative estimate of drug-likeness (QED) is 0.815. The first kappa shape index (κ1) is 18.2. The van der Waals surface area contributed by atoms with Gasteiger partial charge in [-0.05, 0) is 46.2 Å². The van der Waals surface area contributed by atoms with Crippen molar-refractivity contribution in [2.24, 2.45) is 0 Å². The van der Waals surface area contributed by atoms with E-state index in [1.165, 1.54) is 0 Å². The second kappa shape index (κ2) is 6.94.